The van der Waals surface area contributed by atoms with Crippen molar-refractivity contribution in [1.29, 1.82) is 0 Å². The van der Waals surface area contributed by atoms with Crippen molar-refractivity contribution in [2.24, 2.45) is 0 Å². The number of hydrogen-bond acceptors (Lipinski definition) is 4. The van der Waals surface area contributed by atoms with E-state index in [1.54, 1.807) is 12.1 Å². The van der Waals surface area contributed by atoms with E-state index >= 15 is 0 Å². The Bertz CT molecular complexity index is 959. The van der Waals surface area contributed by atoms with Crippen LogP contribution < -0.4 is 5.32 Å². The average molecular weight is 430 g/mol. The van der Waals surface area contributed by atoms with Gasteiger partial charge in [-0.15, -0.1) is 0 Å². The van der Waals surface area contributed by atoms with Crippen molar-refractivity contribution in [1.82, 2.24) is 9.21 Å². The van der Waals surface area contributed by atoms with Gasteiger partial charge in [0.2, 0.25) is 15.9 Å². The molecule has 1 amide bonds. The molecular formula is C23H31N3O3S. The van der Waals surface area contributed by atoms with Crippen LogP contribution in [0.1, 0.15) is 30.0 Å². The second-order valence-corrected chi connectivity index (χ2v) is 9.83. The quantitative estimate of drug-likeness (QED) is 0.734. The summed E-state index contributed by atoms with van der Waals surface area (Å²) in [5, 5.41) is 3.00. The molecule has 1 aliphatic rings. The molecule has 6 nitrogen and oxygen atoms in total. The van der Waals surface area contributed by atoms with Crippen molar-refractivity contribution in [3.8, 4) is 0 Å². The van der Waals surface area contributed by atoms with Gasteiger partial charge < -0.3 is 5.32 Å². The van der Waals surface area contributed by atoms with Gasteiger partial charge in [-0.25, -0.2) is 8.42 Å². The maximum Gasteiger partial charge on any atom is 0.243 e. The number of hydrogen-bond donors (Lipinski definition) is 1. The number of para-hydroxylation sites is 1. The molecular weight excluding hydrogens is 398 g/mol. The maximum atomic E-state index is 12.9. The van der Waals surface area contributed by atoms with Crippen LogP contribution in [0.15, 0.2) is 47.4 Å². The summed E-state index contributed by atoms with van der Waals surface area (Å²) >= 11 is 0. The van der Waals surface area contributed by atoms with E-state index in [0.717, 1.165) is 35.2 Å². The van der Waals surface area contributed by atoms with Crippen molar-refractivity contribution in [3.05, 3.63) is 59.2 Å². The minimum Gasteiger partial charge on any atom is -0.324 e. The van der Waals surface area contributed by atoms with E-state index in [4.69, 9.17) is 0 Å². The standard InChI is InChI=1S/C23H31N3O3S/c1-4-6-20-9-11-21(12-10-20)30(28,29)26-15-13-25(14-16-26)17-22(27)24-23-18(2)7-5-8-19(23)3/h5,7-12H,4,6,13-17H2,1-3H3,(H,24,27). The molecule has 7 heteroatoms. The highest BCUT2D eigenvalue weighted by Crippen LogP contribution is 2.21. The number of nitrogens with zero attached hydrogens (tertiary/aromatic N) is 2. The second kappa shape index (κ2) is 9.73. The molecule has 0 aliphatic carbocycles. The largest absolute Gasteiger partial charge is 0.324 e. The molecule has 30 heavy (non-hydrogen) atoms. The number of carbonyl (C=O) groups is 1. The average Bonchev–Trinajstić information content (AvgIpc) is 2.72. The van der Waals surface area contributed by atoms with Crippen molar-refractivity contribution in [2.75, 3.05) is 38.0 Å². The summed E-state index contributed by atoms with van der Waals surface area (Å²) in [7, 11) is -3.50. The van der Waals surface area contributed by atoms with Crippen LogP contribution in [-0.4, -0.2) is 56.3 Å². The number of rotatable bonds is 7. The van der Waals surface area contributed by atoms with E-state index in [1.165, 1.54) is 4.31 Å². The normalized spacial score (nSPS) is 15.8. The Labute approximate surface area is 179 Å². The van der Waals surface area contributed by atoms with Gasteiger partial charge in [0.15, 0.2) is 0 Å². The van der Waals surface area contributed by atoms with Crippen LogP contribution in [0, 0.1) is 13.8 Å². The zero-order chi connectivity index (χ0) is 21.7. The molecule has 1 fully saturated rings. The lowest BCUT2D eigenvalue weighted by atomic mass is 10.1. The van der Waals surface area contributed by atoms with Crippen LogP contribution in [0.2, 0.25) is 0 Å². The molecule has 162 valence electrons. The number of carbonyl (C=O) groups excluding carboxylic acids is 1. The number of benzene rings is 2. The topological polar surface area (TPSA) is 69.7 Å². The summed E-state index contributed by atoms with van der Waals surface area (Å²) in [5.74, 6) is -0.0739. The summed E-state index contributed by atoms with van der Waals surface area (Å²) in [6.45, 7) is 8.15. The molecule has 1 aliphatic heterocycles. The first-order chi connectivity index (χ1) is 14.3. The molecule has 2 aromatic carbocycles. The number of sulfonamides is 1. The second-order valence-electron chi connectivity index (χ2n) is 7.89. The van der Waals surface area contributed by atoms with Gasteiger partial charge in [0.25, 0.3) is 0 Å². The zero-order valence-corrected chi connectivity index (χ0v) is 18.8. The predicted molar refractivity (Wildman–Crippen MR) is 120 cm³/mol. The third kappa shape index (κ3) is 5.28. The Morgan fingerprint density at radius 3 is 2.13 bits per heavy atom. The minimum atomic E-state index is -3.50. The highest BCUT2D eigenvalue weighted by molar-refractivity contribution is 7.89. The van der Waals surface area contributed by atoms with Crippen molar-refractivity contribution in [3.63, 3.8) is 0 Å². The van der Waals surface area contributed by atoms with Gasteiger partial charge in [0.05, 0.1) is 11.4 Å². The lowest BCUT2D eigenvalue weighted by molar-refractivity contribution is -0.117. The summed E-state index contributed by atoms with van der Waals surface area (Å²) in [6.07, 6.45) is 1.98. The lowest BCUT2D eigenvalue weighted by Crippen LogP contribution is -2.50. The van der Waals surface area contributed by atoms with Crippen molar-refractivity contribution < 1.29 is 13.2 Å². The first-order valence-corrected chi connectivity index (χ1v) is 11.9. The number of piperazine rings is 1. The van der Waals surface area contributed by atoms with Crippen LogP contribution in [-0.2, 0) is 21.2 Å². The molecule has 1 saturated heterocycles. The highest BCUT2D eigenvalue weighted by atomic mass is 32.2. The number of amides is 1. The van der Waals surface area contributed by atoms with Crippen LogP contribution in [0.3, 0.4) is 0 Å². The number of anilines is 1. The Morgan fingerprint density at radius 1 is 0.967 bits per heavy atom. The monoisotopic (exact) mass is 429 g/mol. The Kier molecular flexibility index (Phi) is 7.28. The highest BCUT2D eigenvalue weighted by Gasteiger charge is 2.29. The zero-order valence-electron chi connectivity index (χ0n) is 18.0. The van der Waals surface area contributed by atoms with Crippen LogP contribution in [0.5, 0.6) is 0 Å². The maximum absolute atomic E-state index is 12.9. The van der Waals surface area contributed by atoms with Gasteiger partial charge in [-0.05, 0) is 49.1 Å². The molecule has 0 saturated carbocycles. The van der Waals surface area contributed by atoms with E-state index in [-0.39, 0.29) is 12.5 Å². The fourth-order valence-corrected chi connectivity index (χ4v) is 5.21. The predicted octanol–water partition coefficient (Wildman–Crippen LogP) is 3.20. The summed E-state index contributed by atoms with van der Waals surface area (Å²) in [4.78, 5) is 14.8. The van der Waals surface area contributed by atoms with Crippen LogP contribution in [0.25, 0.3) is 0 Å². The molecule has 0 unspecified atom stereocenters. The molecule has 1 heterocycles. The SMILES string of the molecule is CCCc1ccc(S(=O)(=O)N2CCN(CC(=O)Nc3c(C)cccc3C)CC2)cc1. The fraction of sp³-hybridized carbons (Fsp3) is 0.435. The number of nitrogens with one attached hydrogen (secondary N) is 1. The van der Waals surface area contributed by atoms with Gasteiger partial charge >= 0.3 is 0 Å². The van der Waals surface area contributed by atoms with Crippen molar-refractivity contribution in [2.45, 2.75) is 38.5 Å². The van der Waals surface area contributed by atoms with Gasteiger partial charge in [0.1, 0.15) is 0 Å². The number of aryl methyl sites for hydroxylation is 3. The Morgan fingerprint density at radius 2 is 1.57 bits per heavy atom. The molecule has 0 spiro atoms. The summed E-state index contributed by atoms with van der Waals surface area (Å²) < 4.78 is 27.4. The van der Waals surface area contributed by atoms with E-state index in [9.17, 15) is 13.2 Å². The van der Waals surface area contributed by atoms with Gasteiger partial charge in [-0.2, -0.15) is 4.31 Å². The smallest absolute Gasteiger partial charge is 0.243 e. The molecule has 3 rings (SSSR count). The lowest BCUT2D eigenvalue weighted by Gasteiger charge is -2.33. The van der Waals surface area contributed by atoms with Gasteiger partial charge in [-0.3, -0.25) is 9.69 Å². The Balaban J connectivity index is 1.55. The molecule has 2 aromatic rings. The van der Waals surface area contributed by atoms with E-state index in [1.807, 2.05) is 49.1 Å². The molecule has 0 radical (unpaired) electrons. The summed E-state index contributed by atoms with van der Waals surface area (Å²) in [5.41, 5.74) is 4.07. The molecule has 1 N–H and O–H groups in total. The van der Waals surface area contributed by atoms with E-state index in [2.05, 4.69) is 12.2 Å². The van der Waals surface area contributed by atoms with Crippen LogP contribution >= 0.6 is 0 Å². The van der Waals surface area contributed by atoms with Crippen LogP contribution in [0.4, 0.5) is 5.69 Å². The first kappa shape index (κ1) is 22.5. The third-order valence-corrected chi connectivity index (χ3v) is 7.46. The first-order valence-electron chi connectivity index (χ1n) is 10.5. The third-order valence-electron chi connectivity index (χ3n) is 5.54. The Hall–Kier alpha value is -2.22. The molecule has 0 atom stereocenters. The van der Waals surface area contributed by atoms with Gasteiger partial charge in [0, 0.05) is 31.9 Å². The molecule has 0 aromatic heterocycles. The minimum absolute atomic E-state index is 0.0739. The van der Waals surface area contributed by atoms with Gasteiger partial charge in [-0.1, -0.05) is 43.7 Å². The van der Waals surface area contributed by atoms with E-state index < -0.39 is 10.0 Å². The van der Waals surface area contributed by atoms with E-state index in [0.29, 0.717) is 31.1 Å². The fourth-order valence-electron chi connectivity index (χ4n) is 3.79. The molecule has 0 bridgehead atoms. The summed E-state index contributed by atoms with van der Waals surface area (Å²) in [6, 6.07) is 13.1. The van der Waals surface area contributed by atoms with Crippen molar-refractivity contribution >= 4 is 21.6 Å².